The van der Waals surface area contributed by atoms with Crippen molar-refractivity contribution in [3.63, 3.8) is 0 Å². The predicted octanol–water partition coefficient (Wildman–Crippen LogP) is -0.0305. The van der Waals surface area contributed by atoms with Crippen LogP contribution in [0.3, 0.4) is 0 Å². The van der Waals surface area contributed by atoms with Crippen LogP contribution in [0.4, 0.5) is 0 Å². The van der Waals surface area contributed by atoms with E-state index in [1.807, 2.05) is 0 Å². The largest absolute Gasteiger partial charge is 0.389 e. The van der Waals surface area contributed by atoms with E-state index in [4.69, 9.17) is 5.90 Å². The van der Waals surface area contributed by atoms with Gasteiger partial charge in [0.2, 0.25) is 0 Å². The Kier molecular flexibility index (Phi) is 4.66. The summed E-state index contributed by atoms with van der Waals surface area (Å²) in [6.07, 6.45) is 2.09. The van der Waals surface area contributed by atoms with Crippen molar-refractivity contribution in [1.29, 1.82) is 0 Å². The fourth-order valence-corrected chi connectivity index (χ4v) is 1.91. The molecule has 0 saturated carbocycles. The van der Waals surface area contributed by atoms with Crippen LogP contribution in [0.15, 0.2) is 0 Å². The molecule has 0 radical (unpaired) electrons. The minimum absolute atomic E-state index is 0.227. The fourth-order valence-electron chi connectivity index (χ4n) is 1.91. The topological polar surface area (TPSA) is 58.7 Å². The smallest absolute Gasteiger partial charge is 0.0951 e. The summed E-state index contributed by atoms with van der Waals surface area (Å²) < 4.78 is 0. The van der Waals surface area contributed by atoms with Crippen LogP contribution in [-0.4, -0.2) is 42.4 Å². The first-order valence-electron chi connectivity index (χ1n) is 4.94. The highest BCUT2D eigenvalue weighted by Gasteiger charge is 2.18. The first-order valence-corrected chi connectivity index (χ1v) is 4.94. The molecule has 0 spiro atoms. The van der Waals surface area contributed by atoms with E-state index in [0.29, 0.717) is 6.54 Å². The van der Waals surface area contributed by atoms with Crippen molar-refractivity contribution in [2.45, 2.75) is 25.9 Å². The summed E-state index contributed by atoms with van der Waals surface area (Å²) in [7, 11) is 0. The van der Waals surface area contributed by atoms with E-state index in [0.717, 1.165) is 19.0 Å². The van der Waals surface area contributed by atoms with Crippen LogP contribution in [0.1, 0.15) is 19.8 Å². The van der Waals surface area contributed by atoms with Crippen molar-refractivity contribution in [3.05, 3.63) is 0 Å². The van der Waals surface area contributed by atoms with Crippen LogP contribution in [-0.2, 0) is 4.84 Å². The highest BCUT2D eigenvalue weighted by atomic mass is 16.6. The molecule has 1 saturated heterocycles. The Hall–Kier alpha value is -0.160. The van der Waals surface area contributed by atoms with Gasteiger partial charge >= 0.3 is 0 Å². The Balaban J connectivity index is 2.19. The van der Waals surface area contributed by atoms with Gasteiger partial charge in [-0.2, -0.15) is 0 Å². The van der Waals surface area contributed by atoms with Gasteiger partial charge in [0.05, 0.1) is 12.7 Å². The third kappa shape index (κ3) is 4.04. The third-order valence-corrected chi connectivity index (χ3v) is 2.50. The molecule has 1 heterocycles. The maximum Gasteiger partial charge on any atom is 0.0951 e. The van der Waals surface area contributed by atoms with Crippen molar-refractivity contribution in [1.82, 2.24) is 4.90 Å². The van der Waals surface area contributed by atoms with Gasteiger partial charge in [0.15, 0.2) is 0 Å². The van der Waals surface area contributed by atoms with Gasteiger partial charge in [-0.1, -0.05) is 6.92 Å². The van der Waals surface area contributed by atoms with Gasteiger partial charge < -0.3 is 14.8 Å². The van der Waals surface area contributed by atoms with E-state index >= 15 is 0 Å². The second kappa shape index (κ2) is 5.54. The summed E-state index contributed by atoms with van der Waals surface area (Å²) >= 11 is 0. The predicted molar refractivity (Wildman–Crippen MR) is 51.0 cm³/mol. The molecular weight excluding hydrogens is 168 g/mol. The van der Waals surface area contributed by atoms with Crippen molar-refractivity contribution in [2.24, 2.45) is 11.8 Å². The van der Waals surface area contributed by atoms with E-state index in [1.54, 1.807) is 0 Å². The van der Waals surface area contributed by atoms with Crippen LogP contribution in [0.2, 0.25) is 0 Å². The van der Waals surface area contributed by atoms with Gasteiger partial charge in [-0.05, 0) is 25.3 Å². The highest BCUT2D eigenvalue weighted by molar-refractivity contribution is 4.72. The lowest BCUT2D eigenvalue weighted by atomic mass is 10.0. The highest BCUT2D eigenvalue weighted by Crippen LogP contribution is 2.15. The van der Waals surface area contributed by atoms with E-state index in [2.05, 4.69) is 16.7 Å². The molecule has 4 nitrogen and oxygen atoms in total. The number of piperidine rings is 1. The molecule has 1 aliphatic heterocycles. The molecule has 78 valence electrons. The minimum Gasteiger partial charge on any atom is -0.389 e. The lowest BCUT2D eigenvalue weighted by Gasteiger charge is -2.31. The number of hydrogen-bond acceptors (Lipinski definition) is 4. The quantitative estimate of drug-likeness (QED) is 0.608. The number of hydrogen-bond donors (Lipinski definition) is 2. The number of aliphatic hydroxyl groups is 1. The zero-order valence-corrected chi connectivity index (χ0v) is 8.28. The summed E-state index contributed by atoms with van der Waals surface area (Å²) in [5, 5.41) is 9.44. The van der Waals surface area contributed by atoms with Crippen LogP contribution in [0.25, 0.3) is 0 Å². The zero-order valence-electron chi connectivity index (χ0n) is 8.28. The van der Waals surface area contributed by atoms with E-state index in [-0.39, 0.29) is 6.61 Å². The van der Waals surface area contributed by atoms with Gasteiger partial charge in [0, 0.05) is 13.1 Å². The summed E-state index contributed by atoms with van der Waals surface area (Å²) in [5.74, 6) is 5.63. The Labute approximate surface area is 79.6 Å². The average molecular weight is 188 g/mol. The molecule has 2 unspecified atom stereocenters. The summed E-state index contributed by atoms with van der Waals surface area (Å²) in [4.78, 5) is 6.67. The summed E-state index contributed by atoms with van der Waals surface area (Å²) in [6, 6.07) is 0. The van der Waals surface area contributed by atoms with Crippen LogP contribution < -0.4 is 5.90 Å². The Morgan fingerprint density at radius 3 is 3.08 bits per heavy atom. The summed E-state index contributed by atoms with van der Waals surface area (Å²) in [6.45, 7) is 5.33. The molecule has 3 N–H and O–H groups in total. The van der Waals surface area contributed by atoms with Crippen molar-refractivity contribution < 1.29 is 9.94 Å². The monoisotopic (exact) mass is 188 g/mol. The molecule has 0 aromatic rings. The van der Waals surface area contributed by atoms with Crippen molar-refractivity contribution in [2.75, 3.05) is 26.2 Å². The second-order valence-electron chi connectivity index (χ2n) is 3.99. The standard InChI is InChI=1S/C9H20N2O2/c1-8-3-2-4-11(5-8)6-9(12)7-13-10/h8-9,12H,2-7,10H2,1H3. The number of nitrogens with two attached hydrogens (primary N) is 1. The lowest BCUT2D eigenvalue weighted by molar-refractivity contribution is 0.00940. The van der Waals surface area contributed by atoms with Crippen LogP contribution in [0.5, 0.6) is 0 Å². The van der Waals surface area contributed by atoms with Gasteiger partial charge in [-0.3, -0.25) is 0 Å². The molecule has 0 aromatic carbocycles. The lowest BCUT2D eigenvalue weighted by Crippen LogP contribution is -2.41. The number of likely N-dealkylation sites (tertiary alicyclic amines) is 1. The number of aliphatic hydroxyl groups excluding tert-OH is 1. The Bertz CT molecular complexity index is 144. The Morgan fingerprint density at radius 1 is 1.69 bits per heavy atom. The molecule has 4 heteroatoms. The average Bonchev–Trinajstić information content (AvgIpc) is 2.04. The number of β-amino-alcohol motifs (C(OH)–C–C–N with tert-alkyl or cyclic N) is 1. The van der Waals surface area contributed by atoms with Crippen molar-refractivity contribution >= 4 is 0 Å². The molecule has 2 atom stereocenters. The zero-order chi connectivity index (χ0) is 9.68. The minimum atomic E-state index is -0.449. The summed E-state index contributed by atoms with van der Waals surface area (Å²) in [5.41, 5.74) is 0. The second-order valence-corrected chi connectivity index (χ2v) is 3.99. The maximum atomic E-state index is 9.44. The molecule has 0 aromatic heterocycles. The fraction of sp³-hybridized carbons (Fsp3) is 1.00. The molecule has 13 heavy (non-hydrogen) atoms. The van der Waals surface area contributed by atoms with Gasteiger partial charge in [0.1, 0.15) is 0 Å². The maximum absolute atomic E-state index is 9.44. The first kappa shape index (κ1) is 10.9. The van der Waals surface area contributed by atoms with Crippen molar-refractivity contribution in [3.8, 4) is 0 Å². The molecular formula is C9H20N2O2. The molecule has 0 bridgehead atoms. The number of nitrogens with zero attached hydrogens (tertiary/aromatic N) is 1. The van der Waals surface area contributed by atoms with Gasteiger partial charge in [-0.15, -0.1) is 0 Å². The number of rotatable bonds is 4. The normalized spacial score (nSPS) is 27.5. The van der Waals surface area contributed by atoms with E-state index in [9.17, 15) is 5.11 Å². The molecule has 0 amide bonds. The Morgan fingerprint density at radius 2 is 2.46 bits per heavy atom. The van der Waals surface area contributed by atoms with Crippen LogP contribution >= 0.6 is 0 Å². The molecule has 1 fully saturated rings. The SMILES string of the molecule is CC1CCCN(CC(O)CON)C1. The molecule has 1 aliphatic rings. The van der Waals surface area contributed by atoms with Gasteiger partial charge in [-0.25, -0.2) is 5.90 Å². The van der Waals surface area contributed by atoms with Gasteiger partial charge in [0.25, 0.3) is 0 Å². The molecule has 1 rings (SSSR count). The van der Waals surface area contributed by atoms with E-state index in [1.165, 1.54) is 12.8 Å². The first-order chi connectivity index (χ1) is 6.22. The third-order valence-electron chi connectivity index (χ3n) is 2.50. The van der Waals surface area contributed by atoms with E-state index < -0.39 is 6.10 Å². The van der Waals surface area contributed by atoms with Crippen LogP contribution in [0, 0.1) is 5.92 Å². The molecule has 0 aliphatic carbocycles.